The third-order valence-corrected chi connectivity index (χ3v) is 6.57. The molecule has 0 aliphatic carbocycles. The fraction of sp³-hybridized carbons (Fsp3) is 0.519. The summed E-state index contributed by atoms with van der Waals surface area (Å²) in [5, 5.41) is 38.0. The monoisotopic (exact) mass is 566 g/mol. The first-order chi connectivity index (χ1) is 18.8. The fourth-order valence-corrected chi connectivity index (χ4v) is 4.77. The number of aliphatic carboxylic acids is 3. The van der Waals surface area contributed by atoms with E-state index in [4.69, 9.17) is 30.0 Å². The molecule has 0 aromatic heterocycles. The molecule has 0 amide bonds. The van der Waals surface area contributed by atoms with Crippen LogP contribution in [0.3, 0.4) is 0 Å². The van der Waals surface area contributed by atoms with Gasteiger partial charge >= 0.3 is 23.9 Å². The molecule has 220 valence electrons. The third kappa shape index (κ3) is 9.12. The van der Waals surface area contributed by atoms with E-state index >= 15 is 0 Å². The van der Waals surface area contributed by atoms with Gasteiger partial charge in [0.05, 0.1) is 30.6 Å². The quantitative estimate of drug-likeness (QED) is 0.215. The minimum Gasteiger partial charge on any atom is -0.481 e. The van der Waals surface area contributed by atoms with E-state index in [2.05, 4.69) is 16.6 Å². The Bertz CT molecular complexity index is 1090. The second-order valence-corrected chi connectivity index (χ2v) is 9.79. The van der Waals surface area contributed by atoms with Gasteiger partial charge < -0.3 is 30.0 Å². The summed E-state index contributed by atoms with van der Waals surface area (Å²) in [5.41, 5.74) is -1.69. The maximum atomic E-state index is 13.1. The Kier molecular flexibility index (Phi) is 11.7. The third-order valence-electron chi connectivity index (χ3n) is 6.57. The summed E-state index contributed by atoms with van der Waals surface area (Å²) in [4.78, 5) is 51.2. The Balaban J connectivity index is 0.000000366. The van der Waals surface area contributed by atoms with Crippen LogP contribution in [0.25, 0.3) is 0 Å². The zero-order chi connectivity index (χ0) is 29.9. The predicted octanol–water partition coefficient (Wildman–Crippen LogP) is 2.29. The van der Waals surface area contributed by atoms with Gasteiger partial charge in [-0.05, 0) is 44.0 Å². The lowest BCUT2D eigenvalue weighted by Gasteiger charge is -2.41. The summed E-state index contributed by atoms with van der Waals surface area (Å²) in [5.74, 6) is -5.45. The topological polar surface area (TPSA) is 183 Å². The zero-order valence-corrected chi connectivity index (χ0v) is 22.3. The summed E-state index contributed by atoms with van der Waals surface area (Å²) >= 11 is 0. The summed E-state index contributed by atoms with van der Waals surface area (Å²) in [6, 6.07) is 6.24. The normalized spacial score (nSPS) is 20.8. The first-order valence-electron chi connectivity index (χ1n) is 12.7. The summed E-state index contributed by atoms with van der Waals surface area (Å²) in [7, 11) is 0. The first-order valence-corrected chi connectivity index (χ1v) is 12.7. The van der Waals surface area contributed by atoms with E-state index in [1.807, 2.05) is 13.0 Å². The molecule has 2 unspecified atom stereocenters. The van der Waals surface area contributed by atoms with E-state index in [0.29, 0.717) is 26.0 Å². The van der Waals surface area contributed by atoms with Gasteiger partial charge in [-0.15, -0.1) is 6.58 Å². The van der Waals surface area contributed by atoms with Crippen LogP contribution in [0, 0.1) is 11.2 Å². The Labute approximate surface area is 230 Å². The van der Waals surface area contributed by atoms with Gasteiger partial charge in [0.15, 0.2) is 5.60 Å². The van der Waals surface area contributed by atoms with Crippen LogP contribution >= 0.6 is 0 Å². The number of benzene rings is 1. The molecule has 0 spiro atoms. The minimum atomic E-state index is -2.74. The van der Waals surface area contributed by atoms with Crippen LogP contribution in [0.1, 0.15) is 51.0 Å². The molecule has 0 saturated carbocycles. The van der Waals surface area contributed by atoms with Crippen LogP contribution in [-0.4, -0.2) is 92.9 Å². The number of esters is 1. The highest BCUT2D eigenvalue weighted by atomic mass is 19.1. The molecular formula is C27H35FN2O10. The van der Waals surface area contributed by atoms with Gasteiger partial charge in [0, 0.05) is 25.9 Å². The van der Waals surface area contributed by atoms with Crippen molar-refractivity contribution >= 4 is 29.6 Å². The Morgan fingerprint density at radius 1 is 1.20 bits per heavy atom. The van der Waals surface area contributed by atoms with Gasteiger partial charge in [0.25, 0.3) is 0 Å². The molecule has 1 aromatic rings. The van der Waals surface area contributed by atoms with Gasteiger partial charge in [-0.3, -0.25) is 19.3 Å². The molecule has 2 aliphatic heterocycles. The second-order valence-electron chi connectivity index (χ2n) is 9.79. The molecule has 2 aliphatic rings. The van der Waals surface area contributed by atoms with Crippen molar-refractivity contribution in [3.63, 3.8) is 0 Å². The lowest BCUT2D eigenvalue weighted by molar-refractivity contribution is -0.170. The lowest BCUT2D eigenvalue weighted by atomic mass is 9.74. The van der Waals surface area contributed by atoms with Crippen molar-refractivity contribution in [2.45, 2.75) is 57.2 Å². The molecule has 1 aromatic carbocycles. The Hall–Kier alpha value is -3.84. The number of likely N-dealkylation sites (tertiary alicyclic amines) is 1. The smallest absolute Gasteiger partial charge is 0.336 e. The number of aliphatic hydroxyl groups is 1. The molecule has 1 fully saturated rings. The largest absolute Gasteiger partial charge is 0.481 e. The molecule has 1 saturated heterocycles. The van der Waals surface area contributed by atoms with Crippen LogP contribution in [0.5, 0.6) is 0 Å². The van der Waals surface area contributed by atoms with Gasteiger partial charge in [-0.2, -0.15) is 0 Å². The van der Waals surface area contributed by atoms with Crippen molar-refractivity contribution in [3.05, 3.63) is 48.3 Å². The van der Waals surface area contributed by atoms with Crippen molar-refractivity contribution in [1.82, 2.24) is 4.90 Å². The van der Waals surface area contributed by atoms with E-state index in [9.17, 15) is 23.6 Å². The molecule has 40 heavy (non-hydrogen) atoms. The maximum Gasteiger partial charge on any atom is 0.336 e. The minimum absolute atomic E-state index is 0.155. The molecule has 0 radical (unpaired) electrons. The molecule has 12 nitrogen and oxygen atoms in total. The number of piperidine rings is 1. The Morgan fingerprint density at radius 2 is 1.82 bits per heavy atom. The van der Waals surface area contributed by atoms with Crippen molar-refractivity contribution < 1.29 is 53.6 Å². The number of hydrogen-bond donors (Lipinski definition) is 4. The number of rotatable bonds is 12. The molecule has 13 heteroatoms. The van der Waals surface area contributed by atoms with Crippen molar-refractivity contribution in [2.24, 2.45) is 10.6 Å². The highest BCUT2D eigenvalue weighted by Crippen LogP contribution is 2.39. The average molecular weight is 567 g/mol. The van der Waals surface area contributed by atoms with Crippen LogP contribution in [0.2, 0.25) is 0 Å². The molecular weight excluding hydrogens is 531 g/mol. The van der Waals surface area contributed by atoms with E-state index in [0.717, 1.165) is 37.2 Å². The maximum absolute atomic E-state index is 13.1. The number of carboxylic acid groups (broad SMARTS) is 3. The molecule has 2 heterocycles. The number of ether oxygens (including phenoxy) is 1. The number of oxime groups is 1. The lowest BCUT2D eigenvalue weighted by Crippen LogP contribution is -2.50. The summed E-state index contributed by atoms with van der Waals surface area (Å²) < 4.78 is 18.6. The summed E-state index contributed by atoms with van der Waals surface area (Å²) in [6.45, 7) is 8.36. The van der Waals surface area contributed by atoms with Gasteiger partial charge in [-0.1, -0.05) is 23.4 Å². The standard InChI is InChI=1S/C21H27FN2O3.C6H8O7/c1-3-11-24-12-5-10-21(15-24,20(25)26-4-2)14-18-13-19(23-27-18)16-6-8-17(22)9-7-16;7-3(8)1-6(13,5(11)12)2-4(9)10/h3,6-9,18H,1,4-5,10-15H2,2H3;13H,1-2H2,(H,7,8)(H,9,10)(H,11,12). The van der Waals surface area contributed by atoms with Crippen LogP contribution in [-0.2, 0) is 28.8 Å². The van der Waals surface area contributed by atoms with Crippen LogP contribution < -0.4 is 0 Å². The zero-order valence-electron chi connectivity index (χ0n) is 22.3. The van der Waals surface area contributed by atoms with E-state index in [-0.39, 0.29) is 17.9 Å². The van der Waals surface area contributed by atoms with E-state index in [1.165, 1.54) is 12.1 Å². The number of carboxylic acids is 3. The number of nitrogens with zero attached hydrogens (tertiary/aromatic N) is 2. The molecule has 3 rings (SSSR count). The van der Waals surface area contributed by atoms with Crippen LogP contribution in [0.15, 0.2) is 42.1 Å². The average Bonchev–Trinajstić information content (AvgIpc) is 3.32. The highest BCUT2D eigenvalue weighted by Gasteiger charge is 2.46. The van der Waals surface area contributed by atoms with Gasteiger partial charge in [-0.25, -0.2) is 9.18 Å². The molecule has 0 bridgehead atoms. The molecule has 4 N–H and O–H groups in total. The van der Waals surface area contributed by atoms with E-state index in [1.54, 1.807) is 12.1 Å². The predicted molar refractivity (Wildman–Crippen MR) is 139 cm³/mol. The number of halogens is 1. The van der Waals surface area contributed by atoms with E-state index < -0.39 is 41.8 Å². The fourth-order valence-electron chi connectivity index (χ4n) is 4.77. The summed E-state index contributed by atoms with van der Waals surface area (Å²) in [6.07, 6.45) is 2.28. The first kappa shape index (κ1) is 32.4. The number of hydrogen-bond acceptors (Lipinski definition) is 9. The van der Waals surface area contributed by atoms with Crippen molar-refractivity contribution in [1.29, 1.82) is 0 Å². The van der Waals surface area contributed by atoms with Gasteiger partial charge in [0.2, 0.25) is 0 Å². The van der Waals surface area contributed by atoms with Gasteiger partial charge in [0.1, 0.15) is 11.9 Å². The number of carbonyl (C=O) groups excluding carboxylic acids is 1. The molecule has 2 atom stereocenters. The number of carbonyl (C=O) groups is 4. The SMILES string of the molecule is C=CCN1CCCC(CC2CC(c3ccc(F)cc3)=NO2)(C(=O)OCC)C1.O=C(O)CC(O)(CC(=O)O)C(=O)O. The van der Waals surface area contributed by atoms with Crippen molar-refractivity contribution in [3.8, 4) is 0 Å². The Morgan fingerprint density at radius 3 is 2.35 bits per heavy atom. The van der Waals surface area contributed by atoms with Crippen LogP contribution in [0.4, 0.5) is 4.39 Å². The van der Waals surface area contributed by atoms with Crippen molar-refractivity contribution in [2.75, 3.05) is 26.2 Å². The highest BCUT2D eigenvalue weighted by molar-refractivity contribution is 6.01. The second kappa shape index (κ2) is 14.5.